The van der Waals surface area contributed by atoms with Gasteiger partial charge in [-0.15, -0.1) is 0 Å². The molecule has 0 radical (unpaired) electrons. The molecule has 0 fully saturated rings. The summed E-state index contributed by atoms with van der Waals surface area (Å²) in [4.78, 5) is 5.06. The van der Waals surface area contributed by atoms with Gasteiger partial charge in [0.25, 0.3) is 0 Å². The molecule has 0 aromatic heterocycles. The summed E-state index contributed by atoms with van der Waals surface area (Å²) < 4.78 is 0. The number of amidine groups is 1. The van der Waals surface area contributed by atoms with Gasteiger partial charge in [0.2, 0.25) is 0 Å². The molecule has 0 aliphatic carbocycles. The van der Waals surface area contributed by atoms with Gasteiger partial charge in [0.15, 0.2) is 0 Å². The first-order valence-corrected chi connectivity index (χ1v) is 9.28. The molecule has 3 aromatic carbocycles. The van der Waals surface area contributed by atoms with E-state index < -0.39 is 0 Å². The van der Waals surface area contributed by atoms with E-state index in [4.69, 9.17) is 4.99 Å². The highest BCUT2D eigenvalue weighted by Crippen LogP contribution is 2.36. The minimum absolute atomic E-state index is 0.131. The Balaban J connectivity index is 1.56. The van der Waals surface area contributed by atoms with E-state index in [0.717, 1.165) is 18.7 Å². The van der Waals surface area contributed by atoms with Gasteiger partial charge < -0.3 is 5.32 Å². The molecule has 2 unspecified atom stereocenters. The molecule has 2 heteroatoms. The van der Waals surface area contributed by atoms with Crippen LogP contribution in [0.4, 0.5) is 0 Å². The van der Waals surface area contributed by atoms with Gasteiger partial charge in [0, 0.05) is 6.42 Å². The van der Waals surface area contributed by atoms with Crippen LogP contribution in [0.15, 0.2) is 89.9 Å². The number of nitrogens with zero attached hydrogens (tertiary/aromatic N) is 1. The van der Waals surface area contributed by atoms with E-state index >= 15 is 0 Å². The van der Waals surface area contributed by atoms with Crippen molar-refractivity contribution >= 4 is 5.84 Å². The minimum atomic E-state index is 0.131. The van der Waals surface area contributed by atoms with Crippen LogP contribution in [0.1, 0.15) is 40.8 Å². The Bertz CT molecular complexity index is 884. The Kier molecular flexibility index (Phi) is 4.83. The van der Waals surface area contributed by atoms with E-state index in [1.165, 1.54) is 22.3 Å². The Morgan fingerprint density at radius 1 is 0.769 bits per heavy atom. The van der Waals surface area contributed by atoms with Crippen LogP contribution >= 0.6 is 0 Å². The van der Waals surface area contributed by atoms with Crippen molar-refractivity contribution in [3.05, 3.63) is 107 Å². The summed E-state index contributed by atoms with van der Waals surface area (Å²) in [5.74, 6) is 1.11. The minimum Gasteiger partial charge on any atom is -0.364 e. The van der Waals surface area contributed by atoms with Crippen LogP contribution in [0.5, 0.6) is 0 Å². The van der Waals surface area contributed by atoms with Crippen molar-refractivity contribution in [1.29, 1.82) is 0 Å². The molecule has 0 bridgehead atoms. The number of rotatable bonds is 5. The Labute approximate surface area is 155 Å². The summed E-state index contributed by atoms with van der Waals surface area (Å²) in [5, 5.41) is 3.69. The van der Waals surface area contributed by atoms with Gasteiger partial charge >= 0.3 is 0 Å². The molecule has 1 N–H and O–H groups in total. The molecule has 4 rings (SSSR count). The number of aryl methyl sites for hydroxylation is 2. The highest BCUT2D eigenvalue weighted by atomic mass is 15.1. The third-order valence-corrected chi connectivity index (χ3v) is 4.97. The van der Waals surface area contributed by atoms with Gasteiger partial charge in [-0.3, -0.25) is 4.99 Å². The zero-order chi connectivity index (χ0) is 17.8. The molecule has 0 saturated heterocycles. The standard InChI is InChI=1S/C24H24N2/c1-18-9-8-10-19(17-18)15-16-22-25-23(20-11-4-2-5-12-20)24(26-22)21-13-6-3-7-14-21/h2-14,17,23-24H,15-16H2,1H3,(H,25,26). The van der Waals surface area contributed by atoms with Crippen LogP contribution in [-0.2, 0) is 6.42 Å². The van der Waals surface area contributed by atoms with Crippen molar-refractivity contribution in [2.24, 2.45) is 4.99 Å². The number of hydrogen-bond acceptors (Lipinski definition) is 2. The van der Waals surface area contributed by atoms with E-state index in [1.807, 2.05) is 0 Å². The van der Waals surface area contributed by atoms with Crippen LogP contribution in [0.25, 0.3) is 0 Å². The zero-order valence-electron chi connectivity index (χ0n) is 15.1. The lowest BCUT2D eigenvalue weighted by atomic mass is 9.95. The van der Waals surface area contributed by atoms with Crippen molar-refractivity contribution in [3.8, 4) is 0 Å². The van der Waals surface area contributed by atoms with E-state index in [2.05, 4.69) is 97.2 Å². The number of hydrogen-bond donors (Lipinski definition) is 1. The number of aliphatic imine (C=N–C) groups is 1. The molecule has 0 spiro atoms. The fourth-order valence-corrected chi connectivity index (χ4v) is 3.65. The molecule has 130 valence electrons. The first kappa shape index (κ1) is 16.6. The Hall–Kier alpha value is -2.87. The molecule has 1 aliphatic rings. The average molecular weight is 340 g/mol. The van der Waals surface area contributed by atoms with Crippen LogP contribution in [0, 0.1) is 6.92 Å². The molecule has 1 heterocycles. The molecule has 2 atom stereocenters. The smallest absolute Gasteiger partial charge is 0.101 e. The lowest BCUT2D eigenvalue weighted by Gasteiger charge is -2.19. The molecular weight excluding hydrogens is 316 g/mol. The van der Waals surface area contributed by atoms with Gasteiger partial charge in [0.05, 0.1) is 11.9 Å². The summed E-state index contributed by atoms with van der Waals surface area (Å²) in [7, 11) is 0. The van der Waals surface area contributed by atoms with Gasteiger partial charge in [-0.05, 0) is 30.0 Å². The molecule has 1 aliphatic heterocycles. The van der Waals surface area contributed by atoms with E-state index in [0.29, 0.717) is 0 Å². The van der Waals surface area contributed by atoms with Crippen molar-refractivity contribution in [2.45, 2.75) is 31.8 Å². The second kappa shape index (κ2) is 7.57. The van der Waals surface area contributed by atoms with Crippen LogP contribution in [-0.4, -0.2) is 5.84 Å². The van der Waals surface area contributed by atoms with Crippen molar-refractivity contribution in [3.63, 3.8) is 0 Å². The molecule has 2 nitrogen and oxygen atoms in total. The summed E-state index contributed by atoms with van der Waals surface area (Å²) in [6.07, 6.45) is 1.95. The number of benzene rings is 3. The van der Waals surface area contributed by atoms with Crippen molar-refractivity contribution in [1.82, 2.24) is 5.32 Å². The lowest BCUT2D eigenvalue weighted by Crippen LogP contribution is -2.24. The average Bonchev–Trinajstić information content (AvgIpc) is 3.12. The fraction of sp³-hybridized carbons (Fsp3) is 0.208. The highest BCUT2D eigenvalue weighted by Gasteiger charge is 2.30. The topological polar surface area (TPSA) is 24.4 Å². The maximum atomic E-state index is 5.06. The van der Waals surface area contributed by atoms with E-state index in [1.54, 1.807) is 0 Å². The van der Waals surface area contributed by atoms with Gasteiger partial charge in [0.1, 0.15) is 6.04 Å². The first-order chi connectivity index (χ1) is 12.8. The van der Waals surface area contributed by atoms with Crippen molar-refractivity contribution < 1.29 is 0 Å². The highest BCUT2D eigenvalue weighted by molar-refractivity contribution is 5.85. The molecular formula is C24H24N2. The van der Waals surface area contributed by atoms with Crippen LogP contribution < -0.4 is 5.32 Å². The van der Waals surface area contributed by atoms with E-state index in [-0.39, 0.29) is 12.1 Å². The van der Waals surface area contributed by atoms with Gasteiger partial charge in [-0.2, -0.15) is 0 Å². The second-order valence-electron chi connectivity index (χ2n) is 6.95. The van der Waals surface area contributed by atoms with Crippen molar-refractivity contribution in [2.75, 3.05) is 0 Å². The number of nitrogens with one attached hydrogen (secondary N) is 1. The summed E-state index contributed by atoms with van der Waals surface area (Å²) in [6.45, 7) is 2.14. The maximum Gasteiger partial charge on any atom is 0.101 e. The molecule has 0 amide bonds. The normalized spacial score (nSPS) is 19.0. The lowest BCUT2D eigenvalue weighted by molar-refractivity contribution is 0.571. The summed E-state index contributed by atoms with van der Waals surface area (Å²) in [6, 6.07) is 30.3. The zero-order valence-corrected chi connectivity index (χ0v) is 15.1. The van der Waals surface area contributed by atoms with Crippen LogP contribution in [0.2, 0.25) is 0 Å². The third kappa shape index (κ3) is 3.70. The maximum absolute atomic E-state index is 5.06. The van der Waals surface area contributed by atoms with Crippen LogP contribution in [0.3, 0.4) is 0 Å². The Morgan fingerprint density at radius 3 is 2.15 bits per heavy atom. The molecule has 26 heavy (non-hydrogen) atoms. The third-order valence-electron chi connectivity index (χ3n) is 4.97. The van der Waals surface area contributed by atoms with E-state index in [9.17, 15) is 0 Å². The quantitative estimate of drug-likeness (QED) is 0.659. The first-order valence-electron chi connectivity index (χ1n) is 9.28. The Morgan fingerprint density at radius 2 is 1.46 bits per heavy atom. The summed E-state index contributed by atoms with van der Waals surface area (Å²) >= 11 is 0. The molecule has 3 aromatic rings. The molecule has 0 saturated carbocycles. The fourth-order valence-electron chi connectivity index (χ4n) is 3.65. The predicted octanol–water partition coefficient (Wildman–Crippen LogP) is 5.41. The largest absolute Gasteiger partial charge is 0.364 e. The monoisotopic (exact) mass is 340 g/mol. The van der Waals surface area contributed by atoms with Gasteiger partial charge in [-0.1, -0.05) is 90.5 Å². The van der Waals surface area contributed by atoms with Gasteiger partial charge in [-0.25, -0.2) is 0 Å². The SMILES string of the molecule is Cc1cccc(CCC2=NC(c3ccccc3)C(c3ccccc3)N2)c1. The predicted molar refractivity (Wildman–Crippen MR) is 108 cm³/mol. The second-order valence-corrected chi connectivity index (χ2v) is 6.95. The summed E-state index contributed by atoms with van der Waals surface area (Å²) in [5.41, 5.74) is 5.23.